The van der Waals surface area contributed by atoms with Crippen molar-refractivity contribution >= 4 is 5.97 Å². The Morgan fingerprint density at radius 3 is 2.08 bits per heavy atom. The monoisotopic (exact) mass is 520 g/mol. The number of methoxy groups -OCH3 is 2. The second kappa shape index (κ2) is 15.9. The molecule has 0 aliphatic carbocycles. The molecule has 1 aromatic heterocycles. The van der Waals surface area contributed by atoms with Crippen LogP contribution in [0.3, 0.4) is 0 Å². The van der Waals surface area contributed by atoms with Gasteiger partial charge in [-0.05, 0) is 43.5 Å². The number of aromatic nitrogens is 2. The molecule has 0 saturated heterocycles. The molecule has 38 heavy (non-hydrogen) atoms. The van der Waals surface area contributed by atoms with E-state index in [-0.39, 0.29) is 6.42 Å². The van der Waals surface area contributed by atoms with E-state index in [4.69, 9.17) is 19.6 Å². The molecule has 0 bridgehead atoms. The summed E-state index contributed by atoms with van der Waals surface area (Å²) in [5.74, 6) is 1.97. The molecule has 0 fully saturated rings. The molecule has 0 saturated carbocycles. The molecule has 0 atom stereocenters. The molecular formula is C32H44N2O4. The molecule has 0 spiro atoms. The zero-order chi connectivity index (χ0) is 27.2. The number of hydrogen-bond acceptors (Lipinski definition) is 4. The Kier molecular flexibility index (Phi) is 12.2. The molecule has 3 aromatic rings. The second-order valence-electron chi connectivity index (χ2n) is 9.92. The summed E-state index contributed by atoms with van der Waals surface area (Å²) in [6, 6.07) is 16.2. The van der Waals surface area contributed by atoms with Crippen molar-refractivity contribution in [3.8, 4) is 34.0 Å². The lowest BCUT2D eigenvalue weighted by atomic mass is 10.0. The van der Waals surface area contributed by atoms with Crippen LogP contribution >= 0.6 is 0 Å². The number of benzene rings is 2. The Hall–Kier alpha value is -3.28. The summed E-state index contributed by atoms with van der Waals surface area (Å²) in [6.45, 7) is 3.05. The van der Waals surface area contributed by atoms with E-state index in [0.29, 0.717) is 6.42 Å². The van der Waals surface area contributed by atoms with Crippen LogP contribution in [-0.2, 0) is 17.8 Å². The van der Waals surface area contributed by atoms with E-state index in [0.717, 1.165) is 72.1 Å². The average Bonchev–Trinajstić information content (AvgIpc) is 3.30. The van der Waals surface area contributed by atoms with Crippen LogP contribution in [0.2, 0.25) is 0 Å². The number of ether oxygens (including phenoxy) is 2. The zero-order valence-electron chi connectivity index (χ0n) is 23.4. The average molecular weight is 521 g/mol. The third-order valence-electron chi connectivity index (χ3n) is 7.01. The molecule has 6 nitrogen and oxygen atoms in total. The van der Waals surface area contributed by atoms with Crippen LogP contribution in [0.25, 0.3) is 22.5 Å². The number of carboxylic acids is 1. The lowest BCUT2D eigenvalue weighted by Crippen LogP contribution is -2.07. The number of aliphatic carboxylic acids is 1. The van der Waals surface area contributed by atoms with Crippen LogP contribution in [0.1, 0.15) is 83.4 Å². The fourth-order valence-corrected chi connectivity index (χ4v) is 4.93. The van der Waals surface area contributed by atoms with E-state index < -0.39 is 5.97 Å². The zero-order valence-corrected chi connectivity index (χ0v) is 23.4. The van der Waals surface area contributed by atoms with E-state index in [1.54, 1.807) is 14.2 Å². The van der Waals surface area contributed by atoms with Gasteiger partial charge in [0.2, 0.25) is 0 Å². The molecule has 1 N–H and O–H groups in total. The van der Waals surface area contributed by atoms with Crippen molar-refractivity contribution < 1.29 is 19.4 Å². The highest BCUT2D eigenvalue weighted by molar-refractivity contribution is 5.80. The summed E-state index contributed by atoms with van der Waals surface area (Å²) < 4.78 is 13.4. The predicted molar refractivity (Wildman–Crippen MR) is 154 cm³/mol. The van der Waals surface area contributed by atoms with Gasteiger partial charge in [-0.1, -0.05) is 76.1 Å². The van der Waals surface area contributed by atoms with Crippen molar-refractivity contribution in [3.05, 3.63) is 54.4 Å². The molecule has 3 rings (SSSR count). The van der Waals surface area contributed by atoms with Gasteiger partial charge in [-0.3, -0.25) is 4.79 Å². The van der Waals surface area contributed by atoms with Gasteiger partial charge < -0.3 is 19.1 Å². The van der Waals surface area contributed by atoms with Gasteiger partial charge in [-0.2, -0.15) is 0 Å². The van der Waals surface area contributed by atoms with Gasteiger partial charge in [0.05, 0.1) is 25.6 Å². The molecule has 0 unspecified atom stereocenters. The minimum atomic E-state index is -0.732. The van der Waals surface area contributed by atoms with Crippen LogP contribution in [0.4, 0.5) is 0 Å². The van der Waals surface area contributed by atoms with E-state index >= 15 is 0 Å². The first kappa shape index (κ1) is 29.3. The third-order valence-corrected chi connectivity index (χ3v) is 7.01. The van der Waals surface area contributed by atoms with Crippen molar-refractivity contribution in [2.24, 2.45) is 0 Å². The van der Waals surface area contributed by atoms with Gasteiger partial charge in [0.15, 0.2) is 0 Å². The largest absolute Gasteiger partial charge is 0.497 e. The Morgan fingerprint density at radius 2 is 1.42 bits per heavy atom. The van der Waals surface area contributed by atoms with Gasteiger partial charge in [0.1, 0.15) is 17.3 Å². The maximum absolute atomic E-state index is 11.0. The molecule has 1 heterocycles. The van der Waals surface area contributed by atoms with Gasteiger partial charge in [0, 0.05) is 30.5 Å². The van der Waals surface area contributed by atoms with E-state index in [1.807, 2.05) is 30.3 Å². The number of nitrogens with zero attached hydrogens (tertiary/aromatic N) is 2. The number of hydrogen-bond donors (Lipinski definition) is 1. The van der Waals surface area contributed by atoms with Crippen molar-refractivity contribution in [2.45, 2.75) is 90.5 Å². The molecule has 2 aromatic carbocycles. The van der Waals surface area contributed by atoms with Crippen LogP contribution in [0, 0.1) is 0 Å². The number of unbranched alkanes of at least 4 members (excludes halogenated alkanes) is 8. The van der Waals surface area contributed by atoms with E-state index in [9.17, 15) is 4.79 Å². The van der Waals surface area contributed by atoms with E-state index in [2.05, 4.69) is 29.7 Å². The number of aryl methyl sites for hydroxylation is 1. The predicted octanol–water partition coefficient (Wildman–Crippen LogP) is 8.17. The van der Waals surface area contributed by atoms with Crippen molar-refractivity contribution in [3.63, 3.8) is 0 Å². The second-order valence-corrected chi connectivity index (χ2v) is 9.92. The highest BCUT2D eigenvalue weighted by atomic mass is 16.5. The number of carbonyl (C=O) groups is 1. The highest BCUT2D eigenvalue weighted by Crippen LogP contribution is 2.36. The molecule has 6 heteroatoms. The van der Waals surface area contributed by atoms with Gasteiger partial charge in [-0.15, -0.1) is 0 Å². The molecule has 0 amide bonds. The standard InChI is InChI=1S/C32H44N2O4/c1-4-5-6-7-8-9-11-20-29-33-31(25-16-14-18-27(23-25)37-2)32(26-17-15-19-28(24-26)38-3)34(29)22-13-10-12-21-30(35)36/h14-19,23-24H,4-13,20-22H2,1-3H3,(H,35,36). The third kappa shape index (κ3) is 8.64. The quantitative estimate of drug-likeness (QED) is 0.171. The van der Waals surface area contributed by atoms with Crippen LogP contribution < -0.4 is 9.47 Å². The maximum Gasteiger partial charge on any atom is 0.303 e. The Balaban J connectivity index is 1.95. The molecule has 0 radical (unpaired) electrons. The molecular weight excluding hydrogens is 476 g/mol. The van der Waals surface area contributed by atoms with Gasteiger partial charge >= 0.3 is 5.97 Å². The summed E-state index contributed by atoms with van der Waals surface area (Å²) in [4.78, 5) is 16.2. The number of rotatable bonds is 18. The normalized spacial score (nSPS) is 11.0. The van der Waals surface area contributed by atoms with Crippen molar-refractivity contribution in [2.75, 3.05) is 14.2 Å². The number of carboxylic acid groups (broad SMARTS) is 1. The van der Waals surface area contributed by atoms with Gasteiger partial charge in [0.25, 0.3) is 0 Å². The lowest BCUT2D eigenvalue weighted by Gasteiger charge is -2.14. The summed E-state index contributed by atoms with van der Waals surface area (Å²) in [5, 5.41) is 9.04. The minimum absolute atomic E-state index is 0.215. The Labute approximate surface area is 228 Å². The highest BCUT2D eigenvalue weighted by Gasteiger charge is 2.21. The fourth-order valence-electron chi connectivity index (χ4n) is 4.93. The first-order valence-corrected chi connectivity index (χ1v) is 14.2. The minimum Gasteiger partial charge on any atom is -0.497 e. The first-order chi connectivity index (χ1) is 18.6. The summed E-state index contributed by atoms with van der Waals surface area (Å²) in [7, 11) is 3.37. The Bertz CT molecular complexity index is 1140. The van der Waals surface area contributed by atoms with Crippen molar-refractivity contribution in [1.82, 2.24) is 9.55 Å². The van der Waals surface area contributed by atoms with E-state index in [1.165, 1.54) is 38.5 Å². The summed E-state index contributed by atoms with van der Waals surface area (Å²) in [6.07, 6.45) is 12.4. The topological polar surface area (TPSA) is 73.6 Å². The number of imidazole rings is 1. The van der Waals surface area contributed by atoms with Crippen LogP contribution in [0.15, 0.2) is 48.5 Å². The van der Waals surface area contributed by atoms with Gasteiger partial charge in [-0.25, -0.2) is 4.98 Å². The van der Waals surface area contributed by atoms with Crippen LogP contribution in [-0.4, -0.2) is 34.8 Å². The maximum atomic E-state index is 11.0. The molecule has 206 valence electrons. The SMILES string of the molecule is CCCCCCCCCc1nc(-c2cccc(OC)c2)c(-c2cccc(OC)c2)n1CCCCCC(=O)O. The summed E-state index contributed by atoms with van der Waals surface area (Å²) in [5.41, 5.74) is 4.10. The van der Waals surface area contributed by atoms with Crippen LogP contribution in [0.5, 0.6) is 11.5 Å². The molecule has 0 aliphatic rings. The molecule has 0 aliphatic heterocycles. The van der Waals surface area contributed by atoms with Crippen molar-refractivity contribution in [1.29, 1.82) is 0 Å². The Morgan fingerprint density at radius 1 is 0.816 bits per heavy atom. The smallest absolute Gasteiger partial charge is 0.303 e. The first-order valence-electron chi connectivity index (χ1n) is 14.2. The summed E-state index contributed by atoms with van der Waals surface area (Å²) >= 11 is 0. The lowest BCUT2D eigenvalue weighted by molar-refractivity contribution is -0.137. The fraction of sp³-hybridized carbons (Fsp3) is 0.500.